The van der Waals surface area contributed by atoms with Gasteiger partial charge in [-0.3, -0.25) is 4.79 Å². The molecule has 0 atom stereocenters. The van der Waals surface area contributed by atoms with E-state index in [9.17, 15) is 4.79 Å². The Hall–Kier alpha value is -0.610. The Labute approximate surface area is 92.8 Å². The maximum absolute atomic E-state index is 11.2. The molecule has 1 amide bonds. The number of hydrogen-bond acceptors (Lipinski definition) is 3. The highest BCUT2D eigenvalue weighted by atomic mass is 16.5. The van der Waals surface area contributed by atoms with Crippen molar-refractivity contribution in [2.75, 3.05) is 19.7 Å². The zero-order valence-corrected chi connectivity index (χ0v) is 10.5. The van der Waals surface area contributed by atoms with Gasteiger partial charge in [0, 0.05) is 12.6 Å². The molecule has 4 nitrogen and oxygen atoms in total. The molecule has 0 fully saturated rings. The highest BCUT2D eigenvalue weighted by molar-refractivity contribution is 5.78. The van der Waals surface area contributed by atoms with Crippen molar-refractivity contribution in [2.45, 2.75) is 46.3 Å². The monoisotopic (exact) mass is 216 g/mol. The van der Waals surface area contributed by atoms with Gasteiger partial charge in [-0.1, -0.05) is 0 Å². The SMILES string of the molecule is CC(C)NC(=O)CNCCOC(C)(C)C. The molecule has 0 radical (unpaired) electrons. The van der Waals surface area contributed by atoms with Crippen LogP contribution in [0.1, 0.15) is 34.6 Å². The van der Waals surface area contributed by atoms with Crippen LogP contribution in [0.3, 0.4) is 0 Å². The van der Waals surface area contributed by atoms with Gasteiger partial charge in [0.25, 0.3) is 0 Å². The van der Waals surface area contributed by atoms with Crippen molar-refractivity contribution in [3.63, 3.8) is 0 Å². The van der Waals surface area contributed by atoms with E-state index in [1.807, 2.05) is 34.6 Å². The van der Waals surface area contributed by atoms with Crippen LogP contribution in [-0.4, -0.2) is 37.2 Å². The molecule has 15 heavy (non-hydrogen) atoms. The lowest BCUT2D eigenvalue weighted by Gasteiger charge is -2.19. The molecular weight excluding hydrogens is 192 g/mol. The van der Waals surface area contributed by atoms with Gasteiger partial charge in [-0.25, -0.2) is 0 Å². The van der Waals surface area contributed by atoms with Gasteiger partial charge < -0.3 is 15.4 Å². The molecule has 0 saturated heterocycles. The van der Waals surface area contributed by atoms with Gasteiger partial charge in [0.1, 0.15) is 0 Å². The number of rotatable bonds is 6. The van der Waals surface area contributed by atoms with Gasteiger partial charge in [-0.2, -0.15) is 0 Å². The molecule has 0 aliphatic rings. The summed E-state index contributed by atoms with van der Waals surface area (Å²) >= 11 is 0. The minimum absolute atomic E-state index is 0.0285. The fourth-order valence-corrected chi connectivity index (χ4v) is 1.00. The van der Waals surface area contributed by atoms with Crippen LogP contribution in [0.25, 0.3) is 0 Å². The smallest absolute Gasteiger partial charge is 0.234 e. The average Bonchev–Trinajstić information content (AvgIpc) is 1.99. The molecule has 0 aliphatic heterocycles. The highest BCUT2D eigenvalue weighted by Gasteiger charge is 2.09. The van der Waals surface area contributed by atoms with Crippen LogP contribution in [0.5, 0.6) is 0 Å². The number of ether oxygens (including phenoxy) is 1. The van der Waals surface area contributed by atoms with Crippen LogP contribution in [0, 0.1) is 0 Å². The van der Waals surface area contributed by atoms with Crippen molar-refractivity contribution < 1.29 is 9.53 Å². The molecule has 0 aromatic carbocycles. The van der Waals surface area contributed by atoms with E-state index in [2.05, 4.69) is 10.6 Å². The van der Waals surface area contributed by atoms with E-state index in [4.69, 9.17) is 4.74 Å². The minimum atomic E-state index is -0.109. The molecule has 0 saturated carbocycles. The van der Waals surface area contributed by atoms with Gasteiger partial charge >= 0.3 is 0 Å². The van der Waals surface area contributed by atoms with E-state index in [1.54, 1.807) is 0 Å². The summed E-state index contributed by atoms with van der Waals surface area (Å²) in [6.45, 7) is 11.6. The fraction of sp³-hybridized carbons (Fsp3) is 0.909. The van der Waals surface area contributed by atoms with Crippen LogP contribution in [0.15, 0.2) is 0 Å². The molecule has 0 rings (SSSR count). The number of nitrogens with one attached hydrogen (secondary N) is 2. The van der Waals surface area contributed by atoms with Crippen molar-refractivity contribution in [3.05, 3.63) is 0 Å². The van der Waals surface area contributed by atoms with Crippen LogP contribution in [-0.2, 0) is 9.53 Å². The lowest BCUT2D eigenvalue weighted by Crippen LogP contribution is -2.39. The van der Waals surface area contributed by atoms with Gasteiger partial charge in [0.05, 0.1) is 18.8 Å². The summed E-state index contributed by atoms with van der Waals surface area (Å²) < 4.78 is 5.50. The Kier molecular flexibility index (Phi) is 6.52. The Balaban J connectivity index is 3.35. The van der Waals surface area contributed by atoms with E-state index in [0.29, 0.717) is 19.7 Å². The zero-order chi connectivity index (χ0) is 11.9. The van der Waals surface area contributed by atoms with Crippen LogP contribution in [0.2, 0.25) is 0 Å². The average molecular weight is 216 g/mol. The largest absolute Gasteiger partial charge is 0.375 e. The van der Waals surface area contributed by atoms with E-state index in [0.717, 1.165) is 0 Å². The third-order valence-corrected chi connectivity index (χ3v) is 1.55. The molecule has 0 heterocycles. The summed E-state index contributed by atoms with van der Waals surface area (Å²) in [5.74, 6) is 0.0285. The minimum Gasteiger partial charge on any atom is -0.375 e. The van der Waals surface area contributed by atoms with E-state index >= 15 is 0 Å². The molecule has 90 valence electrons. The molecule has 0 unspecified atom stereocenters. The van der Waals surface area contributed by atoms with Crippen molar-refractivity contribution in [1.29, 1.82) is 0 Å². The Morgan fingerprint density at radius 1 is 1.33 bits per heavy atom. The van der Waals surface area contributed by atoms with Gasteiger partial charge in [0.2, 0.25) is 5.91 Å². The topological polar surface area (TPSA) is 50.4 Å². The van der Waals surface area contributed by atoms with Crippen LogP contribution >= 0.6 is 0 Å². The Bertz CT molecular complexity index is 186. The number of hydrogen-bond donors (Lipinski definition) is 2. The van der Waals surface area contributed by atoms with Gasteiger partial charge in [-0.15, -0.1) is 0 Å². The second kappa shape index (κ2) is 6.80. The normalized spacial score (nSPS) is 11.9. The summed E-state index contributed by atoms with van der Waals surface area (Å²) in [7, 11) is 0. The molecule has 0 aromatic heterocycles. The zero-order valence-electron chi connectivity index (χ0n) is 10.5. The molecule has 2 N–H and O–H groups in total. The molecule has 0 aliphatic carbocycles. The molecule has 0 spiro atoms. The molecule has 0 bridgehead atoms. The van der Waals surface area contributed by atoms with Crippen molar-refractivity contribution in [2.24, 2.45) is 0 Å². The van der Waals surface area contributed by atoms with Crippen LogP contribution < -0.4 is 10.6 Å². The summed E-state index contributed by atoms with van der Waals surface area (Å²) in [6.07, 6.45) is 0. The summed E-state index contributed by atoms with van der Waals surface area (Å²) in [5, 5.41) is 5.83. The maximum atomic E-state index is 11.2. The first-order valence-electron chi connectivity index (χ1n) is 5.45. The van der Waals surface area contributed by atoms with Crippen molar-refractivity contribution >= 4 is 5.91 Å². The van der Waals surface area contributed by atoms with E-state index in [-0.39, 0.29) is 17.6 Å². The second-order valence-electron chi connectivity index (χ2n) is 4.86. The summed E-state index contributed by atoms with van der Waals surface area (Å²) in [5.41, 5.74) is -0.109. The van der Waals surface area contributed by atoms with Crippen molar-refractivity contribution in [1.82, 2.24) is 10.6 Å². The summed E-state index contributed by atoms with van der Waals surface area (Å²) in [4.78, 5) is 11.2. The predicted octanol–water partition coefficient (Wildman–Crippen LogP) is 0.916. The first-order chi connectivity index (χ1) is 6.81. The second-order valence-corrected chi connectivity index (χ2v) is 4.86. The van der Waals surface area contributed by atoms with Crippen molar-refractivity contribution in [3.8, 4) is 0 Å². The lowest BCUT2D eigenvalue weighted by molar-refractivity contribution is -0.120. The van der Waals surface area contributed by atoms with Crippen LogP contribution in [0.4, 0.5) is 0 Å². The third kappa shape index (κ3) is 11.3. The lowest BCUT2D eigenvalue weighted by atomic mass is 10.2. The Morgan fingerprint density at radius 3 is 2.40 bits per heavy atom. The number of carbonyl (C=O) groups is 1. The summed E-state index contributed by atoms with van der Waals surface area (Å²) in [6, 6.07) is 0.199. The molecule has 0 aromatic rings. The first kappa shape index (κ1) is 14.4. The van der Waals surface area contributed by atoms with E-state index < -0.39 is 0 Å². The third-order valence-electron chi connectivity index (χ3n) is 1.55. The van der Waals surface area contributed by atoms with Gasteiger partial charge in [0.15, 0.2) is 0 Å². The Morgan fingerprint density at radius 2 is 1.93 bits per heavy atom. The fourth-order valence-electron chi connectivity index (χ4n) is 1.00. The molecule has 4 heteroatoms. The quantitative estimate of drug-likeness (QED) is 0.649. The number of amides is 1. The maximum Gasteiger partial charge on any atom is 0.234 e. The standard InChI is InChI=1S/C11H24N2O2/c1-9(2)13-10(14)8-12-6-7-15-11(3,4)5/h9,12H,6-8H2,1-5H3,(H,13,14). The highest BCUT2D eigenvalue weighted by Crippen LogP contribution is 2.04. The first-order valence-corrected chi connectivity index (χ1v) is 5.45. The molecular formula is C11H24N2O2. The predicted molar refractivity (Wildman–Crippen MR) is 61.9 cm³/mol. The van der Waals surface area contributed by atoms with E-state index in [1.165, 1.54) is 0 Å². The van der Waals surface area contributed by atoms with Gasteiger partial charge in [-0.05, 0) is 34.6 Å². The number of carbonyl (C=O) groups excluding carboxylic acids is 1.